The quantitative estimate of drug-likeness (QED) is 0.659. The van der Waals surface area contributed by atoms with Crippen molar-refractivity contribution in [3.8, 4) is 0 Å². The topological polar surface area (TPSA) is 90.3 Å². The molecular weight excluding hydrogens is 410 g/mol. The molecule has 8 heteroatoms. The van der Waals surface area contributed by atoms with Gasteiger partial charge in [-0.3, -0.25) is 4.98 Å². The fraction of sp³-hybridized carbons (Fsp3) is 0.500. The molecule has 2 aliphatic heterocycles. The molecule has 3 heterocycles. The minimum absolute atomic E-state index is 0.274. The van der Waals surface area contributed by atoms with Crippen molar-refractivity contribution < 1.29 is 23.9 Å². The summed E-state index contributed by atoms with van der Waals surface area (Å²) in [4.78, 5) is 36.8. The Labute approximate surface area is 187 Å². The van der Waals surface area contributed by atoms with Crippen LogP contribution < -0.4 is 0 Å². The zero-order valence-corrected chi connectivity index (χ0v) is 19.0. The molecule has 0 aliphatic carbocycles. The van der Waals surface area contributed by atoms with E-state index in [1.54, 1.807) is 11.1 Å². The lowest BCUT2D eigenvalue weighted by Crippen LogP contribution is -2.48. The number of nitrogens with zero attached hydrogens (tertiary/aromatic N) is 3. The Balaban J connectivity index is 1.32. The van der Waals surface area contributed by atoms with Gasteiger partial charge >= 0.3 is 12.1 Å². The number of esters is 1. The van der Waals surface area contributed by atoms with E-state index in [4.69, 9.17) is 14.3 Å². The second-order valence-electron chi connectivity index (χ2n) is 9.47. The van der Waals surface area contributed by atoms with Crippen LogP contribution >= 0.6 is 0 Å². The van der Waals surface area contributed by atoms with Crippen molar-refractivity contribution in [1.82, 2.24) is 9.88 Å². The van der Waals surface area contributed by atoms with E-state index in [1.807, 2.05) is 58.0 Å². The third kappa shape index (κ3) is 4.84. The lowest BCUT2D eigenvalue weighted by molar-refractivity contribution is -0.140. The SMILES string of the molecule is C[C@@H](OC(=O)C1=NOC2(CCN(C(=O)OC(C)(C)C)CC2)C1)c1cnc2ccccc2c1. The van der Waals surface area contributed by atoms with E-state index in [0.717, 1.165) is 16.5 Å². The molecule has 1 amide bonds. The summed E-state index contributed by atoms with van der Waals surface area (Å²) >= 11 is 0. The number of carbonyl (C=O) groups is 2. The first-order chi connectivity index (χ1) is 15.1. The molecule has 0 unspecified atom stereocenters. The molecule has 170 valence electrons. The van der Waals surface area contributed by atoms with Crippen molar-refractivity contribution in [2.24, 2.45) is 5.16 Å². The zero-order valence-electron chi connectivity index (χ0n) is 19.0. The third-order valence-corrected chi connectivity index (χ3v) is 5.77. The van der Waals surface area contributed by atoms with Gasteiger partial charge in [0.2, 0.25) is 0 Å². The molecular formula is C24H29N3O5. The first-order valence-electron chi connectivity index (χ1n) is 10.9. The summed E-state index contributed by atoms with van der Waals surface area (Å²) in [6, 6.07) is 9.77. The van der Waals surface area contributed by atoms with E-state index >= 15 is 0 Å². The van der Waals surface area contributed by atoms with E-state index in [9.17, 15) is 9.59 Å². The van der Waals surface area contributed by atoms with Crippen molar-refractivity contribution >= 4 is 28.7 Å². The van der Waals surface area contributed by atoms with Gasteiger partial charge in [-0.05, 0) is 39.8 Å². The Morgan fingerprint density at radius 3 is 2.62 bits per heavy atom. The highest BCUT2D eigenvalue weighted by Gasteiger charge is 2.45. The lowest BCUT2D eigenvalue weighted by Gasteiger charge is -2.37. The van der Waals surface area contributed by atoms with Gasteiger partial charge in [-0.1, -0.05) is 23.4 Å². The largest absolute Gasteiger partial charge is 0.453 e. The Morgan fingerprint density at radius 2 is 1.91 bits per heavy atom. The molecule has 0 saturated carbocycles. The molecule has 4 rings (SSSR count). The molecule has 8 nitrogen and oxygen atoms in total. The number of fused-ring (bicyclic) bond motifs is 1. The van der Waals surface area contributed by atoms with Crippen molar-refractivity contribution in [3.63, 3.8) is 0 Å². The molecule has 0 bridgehead atoms. The third-order valence-electron chi connectivity index (χ3n) is 5.77. The van der Waals surface area contributed by atoms with Gasteiger partial charge in [-0.15, -0.1) is 0 Å². The molecule has 1 aromatic carbocycles. The second kappa shape index (κ2) is 8.41. The number of aromatic nitrogens is 1. The van der Waals surface area contributed by atoms with Gasteiger partial charge in [0, 0.05) is 49.5 Å². The van der Waals surface area contributed by atoms with Gasteiger partial charge in [0.15, 0.2) is 5.71 Å². The van der Waals surface area contributed by atoms with Crippen molar-refractivity contribution in [3.05, 3.63) is 42.1 Å². The number of benzene rings is 1. The Kier molecular flexibility index (Phi) is 5.79. The first-order valence-corrected chi connectivity index (χ1v) is 10.9. The van der Waals surface area contributed by atoms with E-state index < -0.39 is 23.3 Å². The Bertz CT molecular complexity index is 1050. The van der Waals surface area contributed by atoms with Crippen molar-refractivity contribution in [1.29, 1.82) is 0 Å². The zero-order chi connectivity index (χ0) is 22.9. The molecule has 2 aliphatic rings. The van der Waals surface area contributed by atoms with Crippen molar-refractivity contribution in [2.75, 3.05) is 13.1 Å². The van der Waals surface area contributed by atoms with Gasteiger partial charge in [0.1, 0.15) is 17.3 Å². The minimum Gasteiger partial charge on any atom is -0.453 e. The average Bonchev–Trinajstić information content (AvgIpc) is 3.16. The normalized spacial score (nSPS) is 18.8. The van der Waals surface area contributed by atoms with E-state index in [0.29, 0.717) is 32.4 Å². The number of carbonyl (C=O) groups excluding carboxylic acids is 2. The van der Waals surface area contributed by atoms with Gasteiger partial charge in [-0.25, -0.2) is 9.59 Å². The van der Waals surface area contributed by atoms with Gasteiger partial charge in [0.05, 0.1) is 5.52 Å². The number of likely N-dealkylation sites (tertiary alicyclic amines) is 1. The molecule has 0 N–H and O–H groups in total. The molecule has 1 fully saturated rings. The Hall–Kier alpha value is -3.16. The molecule has 0 radical (unpaired) electrons. The monoisotopic (exact) mass is 439 g/mol. The first kappa shape index (κ1) is 22.0. The van der Waals surface area contributed by atoms with Crippen molar-refractivity contribution in [2.45, 2.75) is 64.3 Å². The summed E-state index contributed by atoms with van der Waals surface area (Å²) in [5.74, 6) is -0.489. The summed E-state index contributed by atoms with van der Waals surface area (Å²) < 4.78 is 11.1. The number of piperidine rings is 1. The van der Waals surface area contributed by atoms with E-state index in [-0.39, 0.29) is 11.8 Å². The van der Waals surface area contributed by atoms with Crippen LogP contribution in [-0.4, -0.2) is 51.9 Å². The fourth-order valence-corrected chi connectivity index (χ4v) is 3.93. The molecule has 32 heavy (non-hydrogen) atoms. The highest BCUT2D eigenvalue weighted by molar-refractivity contribution is 6.36. The molecule has 1 spiro atoms. The molecule has 1 saturated heterocycles. The number of pyridine rings is 1. The van der Waals surface area contributed by atoms with Crippen LogP contribution in [0.1, 0.15) is 58.6 Å². The maximum Gasteiger partial charge on any atom is 0.410 e. The average molecular weight is 440 g/mol. The fourth-order valence-electron chi connectivity index (χ4n) is 3.93. The summed E-state index contributed by atoms with van der Waals surface area (Å²) in [5.41, 5.74) is 0.879. The summed E-state index contributed by atoms with van der Waals surface area (Å²) in [5, 5.41) is 5.02. The summed E-state index contributed by atoms with van der Waals surface area (Å²) in [6.45, 7) is 8.33. The van der Waals surface area contributed by atoms with Gasteiger partial charge in [-0.2, -0.15) is 0 Å². The highest BCUT2D eigenvalue weighted by Crippen LogP contribution is 2.35. The smallest absolute Gasteiger partial charge is 0.410 e. The van der Waals surface area contributed by atoms with Crippen LogP contribution in [0.5, 0.6) is 0 Å². The standard InChI is InChI=1S/C24H29N3O5/c1-16(18-13-17-7-5-6-8-19(17)25-15-18)30-21(28)20-14-24(32-26-20)9-11-27(12-10-24)22(29)31-23(2,3)4/h5-8,13,15-16H,9-12,14H2,1-4H3/t16-/m1/s1. The predicted octanol–water partition coefficient (Wildman–Crippen LogP) is 4.39. The minimum atomic E-state index is -0.569. The summed E-state index contributed by atoms with van der Waals surface area (Å²) in [7, 11) is 0. The van der Waals surface area contributed by atoms with Crippen LogP contribution in [0.25, 0.3) is 10.9 Å². The predicted molar refractivity (Wildman–Crippen MR) is 119 cm³/mol. The molecule has 1 atom stereocenters. The van der Waals surface area contributed by atoms with Crippen LogP contribution in [0.15, 0.2) is 41.7 Å². The summed E-state index contributed by atoms with van der Waals surface area (Å²) in [6.07, 6.45) is 2.46. The maximum absolute atomic E-state index is 12.7. The maximum atomic E-state index is 12.7. The Morgan fingerprint density at radius 1 is 1.19 bits per heavy atom. The molecule has 2 aromatic rings. The second-order valence-corrected chi connectivity index (χ2v) is 9.47. The van der Waals surface area contributed by atoms with Gasteiger partial charge < -0.3 is 19.2 Å². The van der Waals surface area contributed by atoms with Crippen LogP contribution in [0.4, 0.5) is 4.79 Å². The van der Waals surface area contributed by atoms with E-state index in [2.05, 4.69) is 10.1 Å². The number of oxime groups is 1. The molecule has 1 aromatic heterocycles. The van der Waals surface area contributed by atoms with Crippen LogP contribution in [0.2, 0.25) is 0 Å². The van der Waals surface area contributed by atoms with E-state index in [1.165, 1.54) is 0 Å². The van der Waals surface area contributed by atoms with Crippen LogP contribution in [0.3, 0.4) is 0 Å². The van der Waals surface area contributed by atoms with Crippen LogP contribution in [-0.2, 0) is 19.1 Å². The highest BCUT2D eigenvalue weighted by atomic mass is 16.7. The number of para-hydroxylation sites is 1. The number of ether oxygens (including phenoxy) is 2. The number of hydrogen-bond acceptors (Lipinski definition) is 7. The lowest BCUT2D eigenvalue weighted by atomic mass is 9.87. The number of hydrogen-bond donors (Lipinski definition) is 0. The van der Waals surface area contributed by atoms with Crippen LogP contribution in [0, 0.1) is 0 Å². The van der Waals surface area contributed by atoms with Gasteiger partial charge in [0.25, 0.3) is 0 Å². The number of rotatable bonds is 3. The number of amides is 1.